The fourth-order valence-corrected chi connectivity index (χ4v) is 4.83. The van der Waals surface area contributed by atoms with E-state index in [0.29, 0.717) is 17.9 Å². The third-order valence-corrected chi connectivity index (χ3v) is 6.41. The van der Waals surface area contributed by atoms with Gasteiger partial charge in [-0.05, 0) is 60.1 Å². The van der Waals surface area contributed by atoms with Crippen molar-refractivity contribution in [1.82, 2.24) is 5.32 Å². The maximum atomic E-state index is 3.62. The fraction of sp³-hybridized carbons (Fsp3) is 0.308. The molecule has 0 aromatic heterocycles. The van der Waals surface area contributed by atoms with Gasteiger partial charge in [0.15, 0.2) is 0 Å². The van der Waals surface area contributed by atoms with Crippen LogP contribution in [-0.2, 0) is 6.42 Å². The third-order valence-electron chi connectivity index (χ3n) is 6.41. The highest BCUT2D eigenvalue weighted by molar-refractivity contribution is 5.51. The molecule has 0 radical (unpaired) electrons. The first-order valence-corrected chi connectivity index (χ1v) is 10.5. The van der Waals surface area contributed by atoms with Gasteiger partial charge in [0.1, 0.15) is 0 Å². The topological polar surface area (TPSA) is 24.1 Å². The van der Waals surface area contributed by atoms with Crippen molar-refractivity contribution in [2.45, 2.75) is 37.6 Å². The van der Waals surface area contributed by atoms with Crippen LogP contribution >= 0.6 is 0 Å². The van der Waals surface area contributed by atoms with Gasteiger partial charge in [-0.2, -0.15) is 0 Å². The molecule has 0 unspecified atom stereocenters. The van der Waals surface area contributed by atoms with Crippen molar-refractivity contribution < 1.29 is 0 Å². The van der Waals surface area contributed by atoms with Crippen molar-refractivity contribution in [2.75, 3.05) is 18.4 Å². The van der Waals surface area contributed by atoms with Crippen molar-refractivity contribution in [3.63, 3.8) is 0 Å². The number of hydrogen-bond donors (Lipinski definition) is 2. The average Bonchev–Trinajstić information content (AvgIpc) is 2.71. The highest BCUT2D eigenvalue weighted by atomic mass is 15.1. The van der Waals surface area contributed by atoms with E-state index in [-0.39, 0.29) is 0 Å². The minimum atomic E-state index is 0.422. The van der Waals surface area contributed by atoms with Gasteiger partial charge in [0.25, 0.3) is 0 Å². The zero-order valence-electron chi connectivity index (χ0n) is 16.5. The molecular weight excluding hydrogens is 340 g/mol. The Bertz CT molecular complexity index is 942. The summed E-state index contributed by atoms with van der Waals surface area (Å²) in [6.07, 6.45) is 2.38. The molecule has 0 spiro atoms. The summed E-state index contributed by atoms with van der Waals surface area (Å²) in [5.74, 6) is 0.956. The van der Waals surface area contributed by atoms with Crippen molar-refractivity contribution in [1.29, 1.82) is 0 Å². The quantitative estimate of drug-likeness (QED) is 0.658. The Morgan fingerprint density at radius 1 is 0.857 bits per heavy atom. The van der Waals surface area contributed by atoms with Crippen molar-refractivity contribution in [2.24, 2.45) is 0 Å². The zero-order valence-corrected chi connectivity index (χ0v) is 16.5. The van der Waals surface area contributed by atoms with E-state index in [9.17, 15) is 0 Å². The Balaban J connectivity index is 1.52. The molecule has 28 heavy (non-hydrogen) atoms. The number of aryl methyl sites for hydroxylation is 2. The van der Waals surface area contributed by atoms with Crippen LogP contribution in [0.25, 0.3) is 0 Å². The SMILES string of the molecule is Cc1ccc2c(c1)CC[C@@H](c1ccccc1)[C@H]2c1ccc(NC2CNC2)cc1. The molecule has 2 N–H and O–H groups in total. The van der Waals surface area contributed by atoms with Crippen LogP contribution < -0.4 is 10.6 Å². The molecule has 0 amide bonds. The molecule has 3 aromatic rings. The molecule has 1 saturated heterocycles. The van der Waals surface area contributed by atoms with Crippen LogP contribution in [0.15, 0.2) is 72.8 Å². The highest BCUT2D eigenvalue weighted by Gasteiger charge is 2.32. The molecule has 2 heteroatoms. The number of anilines is 1. The molecule has 1 fully saturated rings. The van der Waals surface area contributed by atoms with Gasteiger partial charge < -0.3 is 10.6 Å². The van der Waals surface area contributed by atoms with E-state index in [2.05, 4.69) is 90.4 Å². The van der Waals surface area contributed by atoms with E-state index in [1.54, 1.807) is 0 Å². The first kappa shape index (κ1) is 17.5. The van der Waals surface area contributed by atoms with Gasteiger partial charge in [-0.15, -0.1) is 0 Å². The number of hydrogen-bond acceptors (Lipinski definition) is 2. The normalized spacial score (nSPS) is 21.6. The molecular formula is C26H28N2. The Labute approximate surface area is 168 Å². The van der Waals surface area contributed by atoms with E-state index < -0.39 is 0 Å². The van der Waals surface area contributed by atoms with Gasteiger partial charge >= 0.3 is 0 Å². The van der Waals surface area contributed by atoms with Crippen LogP contribution in [0.3, 0.4) is 0 Å². The average molecular weight is 369 g/mol. The molecule has 0 bridgehead atoms. The minimum Gasteiger partial charge on any atom is -0.380 e. The summed E-state index contributed by atoms with van der Waals surface area (Å²) in [5, 5.41) is 6.94. The van der Waals surface area contributed by atoms with Crippen LogP contribution in [0.5, 0.6) is 0 Å². The summed E-state index contributed by atoms with van der Waals surface area (Å²) in [7, 11) is 0. The van der Waals surface area contributed by atoms with Gasteiger partial charge in [0.05, 0.1) is 6.04 Å². The molecule has 2 nitrogen and oxygen atoms in total. The van der Waals surface area contributed by atoms with Crippen LogP contribution in [0.1, 0.15) is 46.1 Å². The van der Waals surface area contributed by atoms with Crippen LogP contribution in [0.4, 0.5) is 5.69 Å². The molecule has 2 atom stereocenters. The molecule has 3 aromatic carbocycles. The van der Waals surface area contributed by atoms with Gasteiger partial charge in [-0.25, -0.2) is 0 Å². The summed E-state index contributed by atoms with van der Waals surface area (Å²) < 4.78 is 0. The number of rotatable bonds is 4. The minimum absolute atomic E-state index is 0.422. The maximum absolute atomic E-state index is 3.62. The standard InChI is InChI=1S/C26H28N2/c1-18-7-13-25-21(15-18)10-14-24(19-5-3-2-4-6-19)26(25)20-8-11-22(12-9-20)28-23-16-27-17-23/h2-9,11-13,15,23-24,26-28H,10,14,16-17H2,1H3/t24-,26+/m0/s1. The lowest BCUT2D eigenvalue weighted by molar-refractivity contribution is 0.472. The Hall–Kier alpha value is -2.58. The second-order valence-corrected chi connectivity index (χ2v) is 8.36. The maximum Gasteiger partial charge on any atom is 0.0510 e. The van der Waals surface area contributed by atoms with Gasteiger partial charge in [0, 0.05) is 24.7 Å². The predicted octanol–water partition coefficient (Wildman–Crippen LogP) is 5.24. The molecule has 1 aliphatic carbocycles. The summed E-state index contributed by atoms with van der Waals surface area (Å²) in [6.45, 7) is 4.33. The van der Waals surface area contributed by atoms with Gasteiger partial charge in [0.2, 0.25) is 0 Å². The predicted molar refractivity (Wildman–Crippen MR) is 117 cm³/mol. The van der Waals surface area contributed by atoms with E-state index in [0.717, 1.165) is 13.1 Å². The summed E-state index contributed by atoms with van der Waals surface area (Å²) in [5.41, 5.74) is 8.52. The van der Waals surface area contributed by atoms with Crippen molar-refractivity contribution in [3.05, 3.63) is 101 Å². The van der Waals surface area contributed by atoms with Crippen LogP contribution in [0.2, 0.25) is 0 Å². The van der Waals surface area contributed by atoms with E-state index in [1.165, 1.54) is 46.3 Å². The van der Waals surface area contributed by atoms with Crippen molar-refractivity contribution in [3.8, 4) is 0 Å². The molecule has 1 heterocycles. The van der Waals surface area contributed by atoms with E-state index >= 15 is 0 Å². The van der Waals surface area contributed by atoms with Crippen LogP contribution in [-0.4, -0.2) is 19.1 Å². The Kier molecular flexibility index (Phi) is 4.66. The number of fused-ring (bicyclic) bond motifs is 1. The first-order valence-electron chi connectivity index (χ1n) is 10.5. The van der Waals surface area contributed by atoms with E-state index in [1.807, 2.05) is 0 Å². The molecule has 1 aliphatic heterocycles. The third kappa shape index (κ3) is 3.33. The van der Waals surface area contributed by atoms with Crippen molar-refractivity contribution >= 4 is 5.69 Å². The Morgan fingerprint density at radius 2 is 1.64 bits per heavy atom. The lowest BCUT2D eigenvalue weighted by atomic mass is 9.69. The number of benzene rings is 3. The molecule has 5 rings (SSSR count). The first-order chi connectivity index (χ1) is 13.8. The highest BCUT2D eigenvalue weighted by Crippen LogP contribution is 2.46. The second-order valence-electron chi connectivity index (χ2n) is 8.36. The Morgan fingerprint density at radius 3 is 2.36 bits per heavy atom. The molecule has 2 aliphatic rings. The molecule has 142 valence electrons. The summed E-state index contributed by atoms with van der Waals surface area (Å²) in [6, 6.07) is 27.9. The largest absolute Gasteiger partial charge is 0.380 e. The summed E-state index contributed by atoms with van der Waals surface area (Å²) in [4.78, 5) is 0. The molecule has 0 saturated carbocycles. The summed E-state index contributed by atoms with van der Waals surface area (Å²) >= 11 is 0. The number of nitrogens with one attached hydrogen (secondary N) is 2. The lowest BCUT2D eigenvalue weighted by Crippen LogP contribution is -2.51. The van der Waals surface area contributed by atoms with Gasteiger partial charge in [-0.1, -0.05) is 66.2 Å². The van der Waals surface area contributed by atoms with E-state index in [4.69, 9.17) is 0 Å². The zero-order chi connectivity index (χ0) is 18.9. The smallest absolute Gasteiger partial charge is 0.0510 e. The monoisotopic (exact) mass is 368 g/mol. The van der Waals surface area contributed by atoms with Crippen LogP contribution in [0, 0.1) is 6.92 Å². The van der Waals surface area contributed by atoms with Gasteiger partial charge in [-0.3, -0.25) is 0 Å². The second kappa shape index (κ2) is 7.44. The fourth-order valence-electron chi connectivity index (χ4n) is 4.83. The lowest BCUT2D eigenvalue weighted by Gasteiger charge is -2.35.